The first kappa shape index (κ1) is 18.7. The van der Waals surface area contributed by atoms with E-state index in [1.54, 1.807) is 0 Å². The Morgan fingerprint density at radius 3 is 2.68 bits per heavy atom. The molecule has 1 fully saturated rings. The van der Waals surface area contributed by atoms with Crippen molar-refractivity contribution in [2.75, 3.05) is 6.54 Å². The van der Waals surface area contributed by atoms with Crippen LogP contribution in [0.1, 0.15) is 36.1 Å². The fourth-order valence-corrected chi connectivity index (χ4v) is 4.26. The topological polar surface area (TPSA) is 78.5 Å². The Kier molecular flexibility index (Phi) is 4.71. The van der Waals surface area contributed by atoms with Gasteiger partial charge in [0.2, 0.25) is 5.91 Å². The standard InChI is InChI=1S/C21H20BrN3O3/c1-13(14-6-8-16(22)9-7-14)23-18(26)12-25-19(27)21(24-20(25)28)11-10-15-4-2-3-5-17(15)21/h2-9,13H,10-12H2,1H3,(H,23,26)(H,24,28). The van der Waals surface area contributed by atoms with Gasteiger partial charge in [0.25, 0.3) is 5.91 Å². The van der Waals surface area contributed by atoms with E-state index in [1.165, 1.54) is 0 Å². The molecule has 2 aromatic carbocycles. The Morgan fingerprint density at radius 2 is 1.93 bits per heavy atom. The zero-order chi connectivity index (χ0) is 19.9. The molecule has 2 N–H and O–H groups in total. The lowest BCUT2D eigenvalue weighted by molar-refractivity contribution is -0.135. The van der Waals surface area contributed by atoms with Gasteiger partial charge in [-0.25, -0.2) is 4.79 Å². The summed E-state index contributed by atoms with van der Waals surface area (Å²) < 4.78 is 0.955. The maximum Gasteiger partial charge on any atom is 0.325 e. The number of hydrogen-bond acceptors (Lipinski definition) is 3. The van der Waals surface area contributed by atoms with E-state index in [0.29, 0.717) is 6.42 Å². The second-order valence-electron chi connectivity index (χ2n) is 7.22. The molecular formula is C21H20BrN3O3. The van der Waals surface area contributed by atoms with Crippen LogP contribution in [0.5, 0.6) is 0 Å². The Hall–Kier alpha value is -2.67. The highest BCUT2D eigenvalue weighted by Gasteiger charge is 2.55. The monoisotopic (exact) mass is 441 g/mol. The van der Waals surface area contributed by atoms with Crippen LogP contribution in [0.25, 0.3) is 0 Å². The Labute approximate surface area is 171 Å². The summed E-state index contributed by atoms with van der Waals surface area (Å²) in [6.07, 6.45) is 1.24. The second-order valence-corrected chi connectivity index (χ2v) is 8.14. The first-order chi connectivity index (χ1) is 13.4. The lowest BCUT2D eigenvalue weighted by Gasteiger charge is -2.22. The number of carbonyl (C=O) groups is 3. The molecule has 0 saturated carbocycles. The van der Waals surface area contributed by atoms with Crippen LogP contribution in [0.2, 0.25) is 0 Å². The molecule has 2 aromatic rings. The van der Waals surface area contributed by atoms with Crippen molar-refractivity contribution in [2.24, 2.45) is 0 Å². The number of nitrogens with zero attached hydrogens (tertiary/aromatic N) is 1. The summed E-state index contributed by atoms with van der Waals surface area (Å²) in [5, 5.41) is 5.69. The van der Waals surface area contributed by atoms with Gasteiger partial charge in [0, 0.05) is 4.47 Å². The van der Waals surface area contributed by atoms with Gasteiger partial charge in [0.15, 0.2) is 0 Å². The number of carbonyl (C=O) groups excluding carboxylic acids is 3. The zero-order valence-corrected chi connectivity index (χ0v) is 17.0. The largest absolute Gasteiger partial charge is 0.348 e. The summed E-state index contributed by atoms with van der Waals surface area (Å²) in [7, 11) is 0. The van der Waals surface area contributed by atoms with Crippen LogP contribution in [0.15, 0.2) is 53.0 Å². The summed E-state index contributed by atoms with van der Waals surface area (Å²) in [5.74, 6) is -0.726. The molecule has 1 aliphatic carbocycles. The highest BCUT2D eigenvalue weighted by Crippen LogP contribution is 2.41. The Balaban J connectivity index is 1.47. The van der Waals surface area contributed by atoms with Gasteiger partial charge in [-0.2, -0.15) is 0 Å². The molecule has 2 unspecified atom stereocenters. The van der Waals surface area contributed by atoms with Gasteiger partial charge in [0.05, 0.1) is 6.04 Å². The van der Waals surface area contributed by atoms with Crippen LogP contribution < -0.4 is 10.6 Å². The third-order valence-electron chi connectivity index (χ3n) is 5.47. The zero-order valence-electron chi connectivity index (χ0n) is 15.4. The summed E-state index contributed by atoms with van der Waals surface area (Å²) in [4.78, 5) is 39.1. The van der Waals surface area contributed by atoms with Gasteiger partial charge >= 0.3 is 6.03 Å². The fraction of sp³-hybridized carbons (Fsp3) is 0.286. The van der Waals surface area contributed by atoms with E-state index in [9.17, 15) is 14.4 Å². The number of hydrogen-bond donors (Lipinski definition) is 2. The molecule has 1 aliphatic heterocycles. The molecule has 0 radical (unpaired) electrons. The fourth-order valence-electron chi connectivity index (χ4n) is 4.00. The Morgan fingerprint density at radius 1 is 1.21 bits per heavy atom. The van der Waals surface area contributed by atoms with Crippen LogP contribution in [0.3, 0.4) is 0 Å². The second kappa shape index (κ2) is 7.05. The van der Waals surface area contributed by atoms with Crippen LogP contribution in [-0.2, 0) is 21.5 Å². The minimum Gasteiger partial charge on any atom is -0.348 e. The minimum atomic E-state index is -1.04. The van der Waals surface area contributed by atoms with Crippen LogP contribution in [0.4, 0.5) is 4.79 Å². The van der Waals surface area contributed by atoms with E-state index in [4.69, 9.17) is 0 Å². The van der Waals surface area contributed by atoms with Crippen molar-refractivity contribution < 1.29 is 14.4 Å². The van der Waals surface area contributed by atoms with Crippen molar-refractivity contribution in [3.05, 3.63) is 69.7 Å². The molecule has 144 valence electrons. The maximum atomic E-state index is 13.1. The first-order valence-corrected chi connectivity index (χ1v) is 9.97. The number of aryl methyl sites for hydroxylation is 1. The minimum absolute atomic E-state index is 0.234. The summed E-state index contributed by atoms with van der Waals surface area (Å²) in [6.45, 7) is 1.57. The average Bonchev–Trinajstić information content (AvgIpc) is 3.16. The number of fused-ring (bicyclic) bond motifs is 2. The van der Waals surface area contributed by atoms with Crippen molar-refractivity contribution in [3.8, 4) is 0 Å². The van der Waals surface area contributed by atoms with Crippen molar-refractivity contribution in [1.29, 1.82) is 0 Å². The number of benzene rings is 2. The quantitative estimate of drug-likeness (QED) is 0.715. The molecule has 7 heteroatoms. The van der Waals surface area contributed by atoms with E-state index in [-0.39, 0.29) is 24.4 Å². The third-order valence-corrected chi connectivity index (χ3v) is 6.00. The molecule has 2 aliphatic rings. The molecule has 1 saturated heterocycles. The van der Waals surface area contributed by atoms with Crippen molar-refractivity contribution >= 4 is 33.8 Å². The number of halogens is 1. The SMILES string of the molecule is CC(NC(=O)CN1C(=O)NC2(CCc3ccccc32)C1=O)c1ccc(Br)cc1. The highest BCUT2D eigenvalue weighted by molar-refractivity contribution is 9.10. The lowest BCUT2D eigenvalue weighted by atomic mass is 9.92. The Bertz CT molecular complexity index is 960. The van der Waals surface area contributed by atoms with Crippen molar-refractivity contribution in [2.45, 2.75) is 31.3 Å². The van der Waals surface area contributed by atoms with E-state index >= 15 is 0 Å². The normalized spacial score (nSPS) is 21.6. The molecule has 28 heavy (non-hydrogen) atoms. The molecule has 2 atom stereocenters. The number of nitrogens with one attached hydrogen (secondary N) is 2. The van der Waals surface area contributed by atoms with E-state index in [1.807, 2.05) is 55.5 Å². The van der Waals surface area contributed by atoms with E-state index in [2.05, 4.69) is 26.6 Å². The molecular weight excluding hydrogens is 422 g/mol. The van der Waals surface area contributed by atoms with Crippen LogP contribution >= 0.6 is 15.9 Å². The summed E-state index contributed by atoms with van der Waals surface area (Å²) >= 11 is 3.38. The third kappa shape index (κ3) is 3.09. The summed E-state index contributed by atoms with van der Waals surface area (Å²) in [5.41, 5.74) is 1.80. The molecule has 1 spiro atoms. The number of amides is 4. The smallest absolute Gasteiger partial charge is 0.325 e. The predicted molar refractivity (Wildman–Crippen MR) is 107 cm³/mol. The van der Waals surface area contributed by atoms with E-state index < -0.39 is 11.6 Å². The molecule has 6 nitrogen and oxygen atoms in total. The predicted octanol–water partition coefficient (Wildman–Crippen LogP) is 3.02. The number of rotatable bonds is 4. The number of urea groups is 1. The van der Waals surface area contributed by atoms with Crippen molar-refractivity contribution in [3.63, 3.8) is 0 Å². The molecule has 0 bridgehead atoms. The van der Waals surface area contributed by atoms with Crippen LogP contribution in [-0.4, -0.2) is 29.3 Å². The van der Waals surface area contributed by atoms with Crippen molar-refractivity contribution in [1.82, 2.24) is 15.5 Å². The maximum absolute atomic E-state index is 13.1. The van der Waals surface area contributed by atoms with Gasteiger partial charge in [-0.3, -0.25) is 14.5 Å². The van der Waals surface area contributed by atoms with Gasteiger partial charge in [0.1, 0.15) is 12.1 Å². The summed E-state index contributed by atoms with van der Waals surface area (Å²) in [6, 6.07) is 14.5. The molecule has 1 heterocycles. The van der Waals surface area contributed by atoms with Gasteiger partial charge in [-0.1, -0.05) is 52.3 Å². The molecule has 4 amide bonds. The van der Waals surface area contributed by atoms with Crippen LogP contribution in [0, 0.1) is 0 Å². The van der Waals surface area contributed by atoms with Gasteiger partial charge in [-0.05, 0) is 48.6 Å². The molecule has 4 rings (SSSR count). The highest BCUT2D eigenvalue weighted by atomic mass is 79.9. The van der Waals surface area contributed by atoms with Gasteiger partial charge < -0.3 is 10.6 Å². The number of imide groups is 1. The van der Waals surface area contributed by atoms with E-state index in [0.717, 1.165) is 32.5 Å². The average molecular weight is 442 g/mol. The first-order valence-electron chi connectivity index (χ1n) is 9.18. The molecule has 0 aromatic heterocycles. The lowest BCUT2D eigenvalue weighted by Crippen LogP contribution is -2.44. The van der Waals surface area contributed by atoms with Gasteiger partial charge in [-0.15, -0.1) is 0 Å².